The molecule has 1 fully saturated rings. The van der Waals surface area contributed by atoms with Crippen molar-refractivity contribution in [2.45, 2.75) is 6.04 Å². The fraction of sp³-hybridized carbons (Fsp3) is 0.267. The minimum atomic E-state index is 0.327. The highest BCUT2D eigenvalue weighted by Gasteiger charge is 2.33. The summed E-state index contributed by atoms with van der Waals surface area (Å²) in [6, 6.07) is 6.11. The maximum Gasteiger partial charge on any atom is 0.195 e. The zero-order valence-corrected chi connectivity index (χ0v) is 12.9. The van der Waals surface area contributed by atoms with Crippen LogP contribution in [0.4, 0.5) is 11.6 Å². The van der Waals surface area contributed by atoms with Crippen LogP contribution in [-0.4, -0.2) is 56.2 Å². The molecule has 0 unspecified atom stereocenters. The van der Waals surface area contributed by atoms with Gasteiger partial charge in [0.2, 0.25) is 0 Å². The van der Waals surface area contributed by atoms with Crippen LogP contribution in [0.5, 0.6) is 0 Å². The molecule has 0 amide bonds. The Morgan fingerprint density at radius 3 is 3.00 bits per heavy atom. The first-order valence-corrected chi connectivity index (χ1v) is 7.63. The lowest BCUT2D eigenvalue weighted by Gasteiger charge is -2.44. The first-order chi connectivity index (χ1) is 11.8. The molecule has 0 spiro atoms. The van der Waals surface area contributed by atoms with Gasteiger partial charge in [0.1, 0.15) is 12.1 Å². The summed E-state index contributed by atoms with van der Waals surface area (Å²) >= 11 is 0. The van der Waals surface area contributed by atoms with Crippen molar-refractivity contribution in [2.24, 2.45) is 0 Å². The maximum absolute atomic E-state index is 5.55. The molecular formula is C15H14N8O. The van der Waals surface area contributed by atoms with Gasteiger partial charge in [0, 0.05) is 25.5 Å². The molecule has 0 saturated carbocycles. The first-order valence-electron chi connectivity index (χ1n) is 7.63. The maximum atomic E-state index is 5.55. The van der Waals surface area contributed by atoms with Gasteiger partial charge in [-0.1, -0.05) is 0 Å². The lowest BCUT2D eigenvalue weighted by atomic mass is 10.1. The van der Waals surface area contributed by atoms with Gasteiger partial charge in [0.25, 0.3) is 0 Å². The van der Waals surface area contributed by atoms with Crippen molar-refractivity contribution in [2.75, 3.05) is 29.9 Å². The van der Waals surface area contributed by atoms with E-state index in [1.807, 2.05) is 25.2 Å². The van der Waals surface area contributed by atoms with E-state index in [4.69, 9.17) is 4.42 Å². The van der Waals surface area contributed by atoms with Crippen molar-refractivity contribution in [3.05, 3.63) is 37.0 Å². The smallest absolute Gasteiger partial charge is 0.195 e. The zero-order valence-electron chi connectivity index (χ0n) is 12.9. The predicted octanol–water partition coefficient (Wildman–Crippen LogP) is 0.985. The number of hydrogen-bond donors (Lipinski definition) is 0. The summed E-state index contributed by atoms with van der Waals surface area (Å²) < 4.78 is 7.23. The molecule has 0 radical (unpaired) electrons. The summed E-state index contributed by atoms with van der Waals surface area (Å²) in [6.07, 6.45) is 4.98. The Hall–Kier alpha value is -3.23. The third kappa shape index (κ3) is 1.91. The number of rotatable bonds is 3. The number of hydrogen-bond acceptors (Lipinski definition) is 8. The average Bonchev–Trinajstić information content (AvgIpc) is 3.21. The summed E-state index contributed by atoms with van der Waals surface area (Å²) in [5.41, 5.74) is 1.52. The van der Waals surface area contributed by atoms with Gasteiger partial charge < -0.3 is 14.2 Å². The van der Waals surface area contributed by atoms with Crippen LogP contribution in [0.3, 0.4) is 0 Å². The Balaban J connectivity index is 1.36. The van der Waals surface area contributed by atoms with Crippen LogP contribution in [0.25, 0.3) is 16.6 Å². The van der Waals surface area contributed by atoms with E-state index in [1.165, 1.54) is 0 Å². The molecular weight excluding hydrogens is 308 g/mol. The topological polar surface area (TPSA) is 88.5 Å². The molecule has 0 aliphatic carbocycles. The fourth-order valence-corrected chi connectivity index (χ4v) is 2.97. The van der Waals surface area contributed by atoms with Crippen molar-refractivity contribution in [3.63, 3.8) is 0 Å². The Bertz CT molecular complexity index is 1020. The number of anilines is 2. The second kappa shape index (κ2) is 4.88. The van der Waals surface area contributed by atoms with E-state index in [0.29, 0.717) is 6.04 Å². The number of aromatic nitrogens is 6. The van der Waals surface area contributed by atoms with Crippen LogP contribution in [0.1, 0.15) is 0 Å². The van der Waals surface area contributed by atoms with E-state index in [1.54, 1.807) is 23.3 Å². The van der Waals surface area contributed by atoms with Crippen molar-refractivity contribution in [1.82, 2.24) is 30.0 Å². The van der Waals surface area contributed by atoms with Crippen molar-refractivity contribution in [1.29, 1.82) is 0 Å². The third-order valence-electron chi connectivity index (χ3n) is 4.46. The molecule has 0 aromatic carbocycles. The van der Waals surface area contributed by atoms with Crippen LogP contribution >= 0.6 is 0 Å². The lowest BCUT2D eigenvalue weighted by molar-refractivity contribution is 0.484. The number of fused-ring (bicyclic) bond motifs is 2. The molecule has 0 N–H and O–H groups in total. The number of furan rings is 1. The first kappa shape index (κ1) is 13.2. The molecule has 9 heteroatoms. The van der Waals surface area contributed by atoms with Crippen LogP contribution in [0.15, 0.2) is 41.4 Å². The van der Waals surface area contributed by atoms with Crippen LogP contribution < -0.4 is 9.80 Å². The minimum Gasteiger partial charge on any atom is -0.460 e. The van der Waals surface area contributed by atoms with E-state index in [9.17, 15) is 0 Å². The van der Waals surface area contributed by atoms with Crippen molar-refractivity contribution in [3.8, 4) is 0 Å². The molecule has 24 heavy (non-hydrogen) atoms. The van der Waals surface area contributed by atoms with Gasteiger partial charge in [-0.2, -0.15) is 9.61 Å². The van der Waals surface area contributed by atoms with Crippen LogP contribution in [-0.2, 0) is 0 Å². The standard InChI is InChI=1S/C15H14N8O/c1-21(15-14-10(4-5-24-14)6-16-19-15)11-7-22(8-11)13-3-2-12-18-17-9-23(12)20-13/h2-6,9,11H,7-8H2,1H3. The van der Waals surface area contributed by atoms with Crippen molar-refractivity contribution >= 4 is 28.3 Å². The Labute approximate surface area is 136 Å². The van der Waals surface area contributed by atoms with Gasteiger partial charge in [0.05, 0.1) is 18.5 Å². The second-order valence-corrected chi connectivity index (χ2v) is 5.87. The Morgan fingerprint density at radius 1 is 1.17 bits per heavy atom. The molecule has 1 saturated heterocycles. The number of nitrogens with zero attached hydrogens (tertiary/aromatic N) is 8. The molecule has 120 valence electrons. The SMILES string of the molecule is CN(c1nncc2ccoc12)C1CN(c2ccc3nncn3n2)C1. The highest BCUT2D eigenvalue weighted by atomic mass is 16.3. The molecule has 0 bridgehead atoms. The van der Waals surface area contributed by atoms with E-state index < -0.39 is 0 Å². The van der Waals surface area contributed by atoms with Gasteiger partial charge in [-0.15, -0.1) is 20.4 Å². The highest BCUT2D eigenvalue weighted by molar-refractivity contribution is 5.86. The van der Waals surface area contributed by atoms with E-state index in [-0.39, 0.29) is 0 Å². The van der Waals surface area contributed by atoms with Gasteiger partial charge in [-0.05, 0) is 18.2 Å². The molecule has 0 atom stereocenters. The van der Waals surface area contributed by atoms with Crippen LogP contribution in [0.2, 0.25) is 0 Å². The normalized spacial score (nSPS) is 15.1. The van der Waals surface area contributed by atoms with Crippen LogP contribution in [0, 0.1) is 0 Å². The predicted molar refractivity (Wildman–Crippen MR) is 87.0 cm³/mol. The van der Waals surface area contributed by atoms with Gasteiger partial charge in [-0.3, -0.25) is 0 Å². The molecule has 5 rings (SSSR count). The fourth-order valence-electron chi connectivity index (χ4n) is 2.97. The number of likely N-dealkylation sites (N-methyl/N-ethyl adjacent to an activating group) is 1. The van der Waals surface area contributed by atoms with Gasteiger partial charge in [-0.25, -0.2) is 0 Å². The van der Waals surface area contributed by atoms with E-state index >= 15 is 0 Å². The molecule has 4 aromatic heterocycles. The summed E-state index contributed by atoms with van der Waals surface area (Å²) in [5, 5.41) is 21.6. The average molecular weight is 322 g/mol. The highest BCUT2D eigenvalue weighted by Crippen LogP contribution is 2.28. The van der Waals surface area contributed by atoms with Gasteiger partial charge >= 0.3 is 0 Å². The molecule has 9 nitrogen and oxygen atoms in total. The van der Waals surface area contributed by atoms with Gasteiger partial charge in [0.15, 0.2) is 17.0 Å². The zero-order chi connectivity index (χ0) is 16.1. The molecule has 5 heterocycles. The molecule has 1 aliphatic heterocycles. The lowest BCUT2D eigenvalue weighted by Crippen LogP contribution is -2.59. The summed E-state index contributed by atoms with van der Waals surface area (Å²) in [5.74, 6) is 1.68. The largest absolute Gasteiger partial charge is 0.460 e. The Morgan fingerprint density at radius 2 is 2.08 bits per heavy atom. The van der Waals surface area contributed by atoms with E-state index in [2.05, 4.69) is 35.3 Å². The summed E-state index contributed by atoms with van der Waals surface area (Å²) in [6.45, 7) is 1.71. The third-order valence-corrected chi connectivity index (χ3v) is 4.46. The minimum absolute atomic E-state index is 0.327. The Kier molecular flexibility index (Phi) is 2.69. The summed E-state index contributed by atoms with van der Waals surface area (Å²) in [7, 11) is 2.02. The quantitative estimate of drug-likeness (QED) is 0.551. The second-order valence-electron chi connectivity index (χ2n) is 5.87. The molecule has 1 aliphatic rings. The molecule has 4 aromatic rings. The summed E-state index contributed by atoms with van der Waals surface area (Å²) in [4.78, 5) is 4.32. The van der Waals surface area contributed by atoms with E-state index in [0.717, 1.165) is 41.3 Å². The monoisotopic (exact) mass is 322 g/mol. The van der Waals surface area contributed by atoms with Crippen molar-refractivity contribution < 1.29 is 4.42 Å².